The Kier molecular flexibility index (Phi) is 5.75. The summed E-state index contributed by atoms with van der Waals surface area (Å²) in [5.41, 5.74) is 9.30. The summed E-state index contributed by atoms with van der Waals surface area (Å²) in [5.74, 6) is -0.260. The smallest absolute Gasteiger partial charge is 0.252 e. The second kappa shape index (κ2) is 8.22. The van der Waals surface area contributed by atoms with Crippen LogP contribution in [0.3, 0.4) is 0 Å². The fraction of sp³-hybridized carbons (Fsp3) is 0.190. The van der Waals surface area contributed by atoms with E-state index in [1.54, 1.807) is 29.2 Å². The van der Waals surface area contributed by atoms with E-state index in [0.29, 0.717) is 22.1 Å². The number of aryl methyl sites for hydroxylation is 1. The molecule has 0 aliphatic carbocycles. The number of nitrogens with two attached hydrogens (primary N) is 1. The largest absolute Gasteiger partial charge is 0.486 e. The maximum atomic E-state index is 12.3. The highest BCUT2D eigenvalue weighted by Crippen LogP contribution is 2.32. The molecule has 0 aliphatic heterocycles. The van der Waals surface area contributed by atoms with Gasteiger partial charge in [0.25, 0.3) is 5.91 Å². The zero-order chi connectivity index (χ0) is 20.3. The van der Waals surface area contributed by atoms with E-state index in [1.807, 2.05) is 37.4 Å². The molecule has 3 rings (SSSR count). The van der Waals surface area contributed by atoms with Crippen LogP contribution in [0.1, 0.15) is 34.1 Å². The SMILES string of the molecule is CC(=O)N(c1nc(COc2ccccc2C(N)=O)cs1)c1cccc(C)c1C. The Labute approximate surface area is 167 Å². The Morgan fingerprint density at radius 3 is 2.61 bits per heavy atom. The quantitative estimate of drug-likeness (QED) is 0.680. The maximum absolute atomic E-state index is 12.3. The number of thiazole rings is 1. The van der Waals surface area contributed by atoms with Gasteiger partial charge in [-0.2, -0.15) is 0 Å². The van der Waals surface area contributed by atoms with Gasteiger partial charge < -0.3 is 10.5 Å². The normalized spacial score (nSPS) is 10.5. The number of hydrogen-bond donors (Lipinski definition) is 1. The van der Waals surface area contributed by atoms with Crippen LogP contribution in [0.2, 0.25) is 0 Å². The Morgan fingerprint density at radius 2 is 1.89 bits per heavy atom. The number of hydrogen-bond acceptors (Lipinski definition) is 5. The van der Waals surface area contributed by atoms with E-state index in [4.69, 9.17) is 10.5 Å². The van der Waals surface area contributed by atoms with E-state index < -0.39 is 5.91 Å². The minimum Gasteiger partial charge on any atom is -0.486 e. The van der Waals surface area contributed by atoms with Gasteiger partial charge in [-0.15, -0.1) is 11.3 Å². The van der Waals surface area contributed by atoms with Crippen molar-refractivity contribution in [2.75, 3.05) is 4.90 Å². The Morgan fingerprint density at radius 1 is 1.14 bits per heavy atom. The molecule has 1 aromatic heterocycles. The van der Waals surface area contributed by atoms with E-state index in [0.717, 1.165) is 16.8 Å². The third-order valence-electron chi connectivity index (χ3n) is 4.39. The van der Waals surface area contributed by atoms with Crippen molar-refractivity contribution >= 4 is 34.0 Å². The maximum Gasteiger partial charge on any atom is 0.252 e. The van der Waals surface area contributed by atoms with Crippen molar-refractivity contribution < 1.29 is 14.3 Å². The molecule has 0 fully saturated rings. The molecule has 3 aromatic rings. The van der Waals surface area contributed by atoms with Crippen LogP contribution in [-0.2, 0) is 11.4 Å². The summed E-state index contributed by atoms with van der Waals surface area (Å²) < 4.78 is 5.73. The fourth-order valence-electron chi connectivity index (χ4n) is 2.80. The highest BCUT2D eigenvalue weighted by molar-refractivity contribution is 7.14. The van der Waals surface area contributed by atoms with Gasteiger partial charge in [0.1, 0.15) is 12.4 Å². The topological polar surface area (TPSA) is 85.5 Å². The van der Waals surface area contributed by atoms with E-state index >= 15 is 0 Å². The summed E-state index contributed by atoms with van der Waals surface area (Å²) in [6.07, 6.45) is 0. The van der Waals surface area contributed by atoms with Crippen molar-refractivity contribution in [2.24, 2.45) is 5.73 Å². The molecule has 0 saturated carbocycles. The number of carbonyl (C=O) groups is 2. The average Bonchev–Trinajstić information content (AvgIpc) is 3.12. The molecule has 2 N–H and O–H groups in total. The first-order chi connectivity index (χ1) is 13.4. The first-order valence-electron chi connectivity index (χ1n) is 8.71. The van der Waals surface area contributed by atoms with E-state index in [1.165, 1.54) is 18.3 Å². The third-order valence-corrected chi connectivity index (χ3v) is 5.27. The molecule has 0 bridgehead atoms. The van der Waals surface area contributed by atoms with E-state index in [-0.39, 0.29) is 12.5 Å². The summed E-state index contributed by atoms with van der Waals surface area (Å²) in [6, 6.07) is 12.6. The summed E-state index contributed by atoms with van der Waals surface area (Å²) in [7, 11) is 0. The molecule has 0 saturated heterocycles. The Hall–Kier alpha value is -3.19. The number of primary amides is 1. The molecule has 7 heteroatoms. The first kappa shape index (κ1) is 19.6. The van der Waals surface area contributed by atoms with Crippen LogP contribution in [0.15, 0.2) is 47.8 Å². The van der Waals surface area contributed by atoms with E-state index in [2.05, 4.69) is 4.98 Å². The summed E-state index contributed by atoms with van der Waals surface area (Å²) >= 11 is 1.36. The number of amides is 2. The van der Waals surface area contributed by atoms with Crippen LogP contribution in [0, 0.1) is 13.8 Å². The number of benzene rings is 2. The molecule has 2 amide bonds. The van der Waals surface area contributed by atoms with Crippen LogP contribution in [0.5, 0.6) is 5.75 Å². The molecule has 0 unspecified atom stereocenters. The number of rotatable bonds is 6. The number of aromatic nitrogens is 1. The Balaban J connectivity index is 1.83. The molecule has 28 heavy (non-hydrogen) atoms. The van der Waals surface area contributed by atoms with Gasteiger partial charge in [0, 0.05) is 12.3 Å². The van der Waals surface area contributed by atoms with Crippen molar-refractivity contribution in [2.45, 2.75) is 27.4 Å². The predicted molar refractivity (Wildman–Crippen MR) is 110 cm³/mol. The molecule has 2 aromatic carbocycles. The fourth-order valence-corrected chi connectivity index (χ4v) is 3.66. The number of anilines is 2. The van der Waals surface area contributed by atoms with Crippen molar-refractivity contribution in [1.29, 1.82) is 0 Å². The van der Waals surface area contributed by atoms with Crippen LogP contribution in [0.4, 0.5) is 10.8 Å². The lowest BCUT2D eigenvalue weighted by atomic mass is 10.1. The summed E-state index contributed by atoms with van der Waals surface area (Å²) in [6.45, 7) is 5.68. The van der Waals surface area contributed by atoms with Crippen LogP contribution in [-0.4, -0.2) is 16.8 Å². The number of ether oxygens (including phenoxy) is 1. The van der Waals surface area contributed by atoms with Gasteiger partial charge in [0.05, 0.1) is 16.9 Å². The number of nitrogens with zero attached hydrogens (tertiary/aromatic N) is 2. The third kappa shape index (κ3) is 4.04. The second-order valence-electron chi connectivity index (χ2n) is 6.34. The minimum atomic E-state index is -0.549. The highest BCUT2D eigenvalue weighted by atomic mass is 32.1. The molecule has 6 nitrogen and oxygen atoms in total. The first-order valence-corrected chi connectivity index (χ1v) is 9.59. The molecular weight excluding hydrogens is 374 g/mol. The number of carbonyl (C=O) groups excluding carboxylic acids is 2. The second-order valence-corrected chi connectivity index (χ2v) is 7.18. The van der Waals surface area contributed by atoms with Crippen molar-refractivity contribution in [1.82, 2.24) is 4.98 Å². The molecule has 1 heterocycles. The van der Waals surface area contributed by atoms with Crippen molar-refractivity contribution in [3.8, 4) is 5.75 Å². The number of para-hydroxylation sites is 1. The highest BCUT2D eigenvalue weighted by Gasteiger charge is 2.20. The van der Waals surface area contributed by atoms with Gasteiger partial charge in [0.15, 0.2) is 5.13 Å². The lowest BCUT2D eigenvalue weighted by Gasteiger charge is -2.21. The molecule has 0 spiro atoms. The van der Waals surface area contributed by atoms with Gasteiger partial charge in [-0.1, -0.05) is 24.3 Å². The van der Waals surface area contributed by atoms with Gasteiger partial charge in [-0.3, -0.25) is 14.5 Å². The van der Waals surface area contributed by atoms with Crippen LogP contribution in [0.25, 0.3) is 0 Å². The zero-order valence-electron chi connectivity index (χ0n) is 15.9. The molecule has 0 atom stereocenters. The Bertz CT molecular complexity index is 1030. The van der Waals surface area contributed by atoms with Gasteiger partial charge in [-0.25, -0.2) is 4.98 Å². The minimum absolute atomic E-state index is 0.116. The standard InChI is InChI=1S/C21H21N3O3S/c1-13-7-6-9-18(14(13)2)24(15(3)25)21-23-16(12-28-21)11-27-19-10-5-4-8-17(19)20(22)26/h4-10,12H,11H2,1-3H3,(H2,22,26). The lowest BCUT2D eigenvalue weighted by molar-refractivity contribution is -0.115. The lowest BCUT2D eigenvalue weighted by Crippen LogP contribution is -2.23. The van der Waals surface area contributed by atoms with Gasteiger partial charge in [-0.05, 0) is 43.2 Å². The summed E-state index contributed by atoms with van der Waals surface area (Å²) in [4.78, 5) is 30.0. The predicted octanol–water partition coefficient (Wildman–Crippen LogP) is 4.12. The molecule has 144 valence electrons. The van der Waals surface area contributed by atoms with Crippen molar-refractivity contribution in [3.05, 3.63) is 70.2 Å². The summed E-state index contributed by atoms with van der Waals surface area (Å²) in [5, 5.41) is 2.41. The van der Waals surface area contributed by atoms with Crippen LogP contribution >= 0.6 is 11.3 Å². The van der Waals surface area contributed by atoms with Gasteiger partial charge >= 0.3 is 0 Å². The molecular formula is C21H21N3O3S. The molecule has 0 aliphatic rings. The van der Waals surface area contributed by atoms with Crippen molar-refractivity contribution in [3.63, 3.8) is 0 Å². The van der Waals surface area contributed by atoms with Crippen LogP contribution < -0.4 is 15.4 Å². The van der Waals surface area contributed by atoms with E-state index in [9.17, 15) is 9.59 Å². The molecule has 0 radical (unpaired) electrons. The van der Waals surface area contributed by atoms with Gasteiger partial charge in [0.2, 0.25) is 5.91 Å². The zero-order valence-corrected chi connectivity index (χ0v) is 16.7. The average molecular weight is 395 g/mol. The monoisotopic (exact) mass is 395 g/mol.